The number of fused-ring (bicyclic) bond motifs is 1. The molecule has 1 amide bonds. The smallest absolute Gasteiger partial charge is 0.410 e. The van der Waals surface area contributed by atoms with Crippen LogP contribution < -0.4 is 5.73 Å². The summed E-state index contributed by atoms with van der Waals surface area (Å²) in [5.41, 5.74) is 7.81. The van der Waals surface area contributed by atoms with Crippen molar-refractivity contribution in [2.24, 2.45) is 0 Å². The summed E-state index contributed by atoms with van der Waals surface area (Å²) >= 11 is 0. The number of anilines is 1. The van der Waals surface area contributed by atoms with Gasteiger partial charge in [-0.3, -0.25) is 0 Å². The van der Waals surface area contributed by atoms with Crippen molar-refractivity contribution in [1.29, 1.82) is 0 Å². The van der Waals surface area contributed by atoms with Crippen LogP contribution in [-0.4, -0.2) is 66.3 Å². The fraction of sp³-hybridized carbons (Fsp3) is 0.632. The van der Waals surface area contributed by atoms with Crippen LogP contribution in [0.15, 0.2) is 12.5 Å². The van der Waals surface area contributed by atoms with E-state index in [-0.39, 0.29) is 12.1 Å². The summed E-state index contributed by atoms with van der Waals surface area (Å²) in [4.78, 5) is 25.6. The molecule has 1 aliphatic heterocycles. The third-order valence-corrected chi connectivity index (χ3v) is 3.76. The Bertz CT molecular complexity index is 788. The standard InChI is InChI=1S/C15H21N5O2.C3H8O2.CH4O/c1-15(2,3)22-14(21)20-6-4-5-10(20)9-7-17-12-11(9)18-8-19-13(12)16;1-3(2,4)5;1-2/h7-8,10,17H,4-6H2,1-3H3,(H2,16,18,19);4-5H,1-2H3;2H,1H3. The van der Waals surface area contributed by atoms with Crippen molar-refractivity contribution in [3.8, 4) is 0 Å². The molecular weight excluding hydrogens is 378 g/mol. The fourth-order valence-electron chi connectivity index (χ4n) is 2.86. The first kappa shape index (κ1) is 24.6. The maximum atomic E-state index is 12.4. The Hall–Kier alpha value is -2.43. The van der Waals surface area contributed by atoms with E-state index in [2.05, 4.69) is 15.0 Å². The number of rotatable bonds is 1. The van der Waals surface area contributed by atoms with Crippen molar-refractivity contribution in [3.63, 3.8) is 0 Å². The number of hydrogen-bond donors (Lipinski definition) is 5. The number of ether oxygens (including phenoxy) is 1. The second-order valence-electron chi connectivity index (χ2n) is 8.05. The summed E-state index contributed by atoms with van der Waals surface area (Å²) in [6, 6.07) is -0.0436. The van der Waals surface area contributed by atoms with Crippen molar-refractivity contribution in [2.45, 2.75) is 64.9 Å². The van der Waals surface area contributed by atoms with Gasteiger partial charge in [0, 0.05) is 25.4 Å². The quantitative estimate of drug-likeness (QED) is 0.445. The van der Waals surface area contributed by atoms with E-state index >= 15 is 0 Å². The van der Waals surface area contributed by atoms with Gasteiger partial charge in [-0.15, -0.1) is 0 Å². The van der Waals surface area contributed by atoms with Crippen LogP contribution in [0.4, 0.5) is 10.6 Å². The molecular formula is C19H33N5O5. The number of nitrogen functional groups attached to an aromatic ring is 1. The van der Waals surface area contributed by atoms with Gasteiger partial charge in [0.05, 0.1) is 11.6 Å². The summed E-state index contributed by atoms with van der Waals surface area (Å²) in [7, 11) is 1.00. The molecule has 1 fully saturated rings. The first-order valence-electron chi connectivity index (χ1n) is 9.33. The number of aromatic amines is 1. The summed E-state index contributed by atoms with van der Waals surface area (Å²) in [6.45, 7) is 8.90. The molecule has 1 unspecified atom stereocenters. The summed E-state index contributed by atoms with van der Waals surface area (Å²) < 4.78 is 5.51. The van der Waals surface area contributed by atoms with E-state index in [1.165, 1.54) is 20.2 Å². The largest absolute Gasteiger partial charge is 0.444 e. The number of likely N-dealkylation sites (tertiary alicyclic amines) is 1. The molecule has 0 aromatic carbocycles. The lowest BCUT2D eigenvalue weighted by Crippen LogP contribution is -2.36. The van der Waals surface area contributed by atoms with Crippen LogP contribution in [0.3, 0.4) is 0 Å². The summed E-state index contributed by atoms with van der Waals surface area (Å²) in [6.07, 6.45) is 4.85. The number of carbonyl (C=O) groups excluding carboxylic acids is 1. The van der Waals surface area contributed by atoms with Gasteiger partial charge in [-0.2, -0.15) is 0 Å². The van der Waals surface area contributed by atoms with Gasteiger partial charge >= 0.3 is 6.09 Å². The van der Waals surface area contributed by atoms with E-state index < -0.39 is 11.4 Å². The van der Waals surface area contributed by atoms with Gasteiger partial charge in [-0.05, 0) is 47.5 Å². The minimum atomic E-state index is -1.50. The van der Waals surface area contributed by atoms with Gasteiger partial charge in [0.2, 0.25) is 0 Å². The molecule has 2 aromatic rings. The number of hydrogen-bond acceptors (Lipinski definition) is 8. The van der Waals surface area contributed by atoms with E-state index in [4.69, 9.17) is 25.8 Å². The van der Waals surface area contributed by atoms with Crippen LogP contribution in [0, 0.1) is 0 Å². The third-order valence-electron chi connectivity index (χ3n) is 3.76. The van der Waals surface area contributed by atoms with E-state index in [9.17, 15) is 4.79 Å². The molecule has 6 N–H and O–H groups in total. The van der Waals surface area contributed by atoms with Gasteiger partial charge in [-0.1, -0.05) is 0 Å². The van der Waals surface area contributed by atoms with Crippen LogP contribution in [-0.2, 0) is 4.74 Å². The minimum Gasteiger partial charge on any atom is -0.444 e. The Balaban J connectivity index is 0.000000527. The molecule has 0 saturated carbocycles. The van der Waals surface area contributed by atoms with Crippen LogP contribution in [0.25, 0.3) is 11.0 Å². The second kappa shape index (κ2) is 9.86. The molecule has 3 rings (SSSR count). The van der Waals surface area contributed by atoms with Crippen molar-refractivity contribution < 1.29 is 24.9 Å². The third kappa shape index (κ3) is 7.48. The molecule has 164 valence electrons. The van der Waals surface area contributed by atoms with Crippen LogP contribution in [0.5, 0.6) is 0 Å². The SMILES string of the molecule is CC(C)(C)OC(=O)N1CCCC1c1c[nH]c2c(N)ncnc12.CC(C)(O)O.CO. The van der Waals surface area contributed by atoms with Gasteiger partial charge < -0.3 is 35.7 Å². The first-order chi connectivity index (χ1) is 13.4. The van der Waals surface area contributed by atoms with Crippen LogP contribution in [0.1, 0.15) is 59.1 Å². The number of carbonyl (C=O) groups is 1. The Morgan fingerprint density at radius 1 is 1.24 bits per heavy atom. The molecule has 10 heteroatoms. The highest BCUT2D eigenvalue weighted by Gasteiger charge is 2.34. The van der Waals surface area contributed by atoms with E-state index in [0.717, 1.165) is 31.0 Å². The average molecular weight is 412 g/mol. The molecule has 10 nitrogen and oxygen atoms in total. The molecule has 0 aliphatic carbocycles. The number of amides is 1. The second-order valence-corrected chi connectivity index (χ2v) is 8.05. The predicted molar refractivity (Wildman–Crippen MR) is 110 cm³/mol. The summed E-state index contributed by atoms with van der Waals surface area (Å²) in [5.74, 6) is -1.09. The lowest BCUT2D eigenvalue weighted by atomic mass is 10.1. The van der Waals surface area contributed by atoms with Crippen molar-refractivity contribution in [3.05, 3.63) is 18.1 Å². The maximum Gasteiger partial charge on any atom is 0.410 e. The van der Waals surface area contributed by atoms with Crippen LogP contribution >= 0.6 is 0 Å². The highest BCUT2D eigenvalue weighted by molar-refractivity contribution is 5.87. The zero-order valence-corrected chi connectivity index (χ0v) is 17.9. The molecule has 3 heterocycles. The average Bonchev–Trinajstić information content (AvgIpc) is 3.20. The van der Waals surface area contributed by atoms with Crippen molar-refractivity contribution >= 4 is 22.9 Å². The predicted octanol–water partition coefficient (Wildman–Crippen LogP) is 1.93. The zero-order valence-electron chi connectivity index (χ0n) is 17.9. The molecule has 1 atom stereocenters. The molecule has 0 bridgehead atoms. The normalized spacial score (nSPS) is 16.6. The molecule has 1 saturated heterocycles. The Morgan fingerprint density at radius 3 is 2.38 bits per heavy atom. The lowest BCUT2D eigenvalue weighted by Gasteiger charge is -2.28. The van der Waals surface area contributed by atoms with E-state index in [1.54, 1.807) is 4.90 Å². The Kier molecular flexibility index (Phi) is 8.37. The molecule has 29 heavy (non-hydrogen) atoms. The topological polar surface area (TPSA) is 158 Å². The molecule has 2 aromatic heterocycles. The molecule has 1 aliphatic rings. The Labute approximate surface area is 170 Å². The first-order valence-corrected chi connectivity index (χ1v) is 9.33. The van der Waals surface area contributed by atoms with Crippen molar-refractivity contribution in [1.82, 2.24) is 19.9 Å². The maximum absolute atomic E-state index is 12.4. The number of aromatic nitrogens is 3. The van der Waals surface area contributed by atoms with Crippen molar-refractivity contribution in [2.75, 3.05) is 19.4 Å². The number of nitrogens with two attached hydrogens (primary N) is 1. The van der Waals surface area contributed by atoms with Crippen LogP contribution in [0.2, 0.25) is 0 Å². The molecule has 0 radical (unpaired) electrons. The number of H-pyrrole nitrogens is 1. The van der Waals surface area contributed by atoms with Gasteiger partial charge in [0.1, 0.15) is 17.4 Å². The lowest BCUT2D eigenvalue weighted by molar-refractivity contribution is -0.127. The number of nitrogens with one attached hydrogen (secondary N) is 1. The van der Waals surface area contributed by atoms with Gasteiger partial charge in [0.15, 0.2) is 11.6 Å². The Morgan fingerprint density at radius 2 is 1.83 bits per heavy atom. The highest BCUT2D eigenvalue weighted by Crippen LogP contribution is 2.36. The zero-order chi connectivity index (χ0) is 22.4. The fourth-order valence-corrected chi connectivity index (χ4v) is 2.86. The number of aliphatic hydroxyl groups is 3. The molecule has 0 spiro atoms. The number of aliphatic hydroxyl groups excluding tert-OH is 1. The monoisotopic (exact) mass is 411 g/mol. The summed E-state index contributed by atoms with van der Waals surface area (Å²) in [5, 5.41) is 23.2. The van der Waals surface area contributed by atoms with E-state index in [0.29, 0.717) is 17.9 Å². The minimum absolute atomic E-state index is 0.0436. The van der Waals surface area contributed by atoms with E-state index in [1.807, 2.05) is 27.0 Å². The van der Waals surface area contributed by atoms with Gasteiger partial charge in [0.25, 0.3) is 0 Å². The number of nitrogens with zero attached hydrogens (tertiary/aromatic N) is 3. The van der Waals surface area contributed by atoms with Gasteiger partial charge in [-0.25, -0.2) is 14.8 Å². The highest BCUT2D eigenvalue weighted by atomic mass is 16.6.